The van der Waals surface area contributed by atoms with Gasteiger partial charge in [-0.2, -0.15) is 0 Å². The van der Waals surface area contributed by atoms with Crippen LogP contribution in [0.3, 0.4) is 0 Å². The molecule has 6 nitrogen and oxygen atoms in total. The lowest BCUT2D eigenvalue weighted by Crippen LogP contribution is -2.20. The highest BCUT2D eigenvalue weighted by molar-refractivity contribution is 6.31. The first-order valence-corrected chi connectivity index (χ1v) is 9.85. The Bertz CT molecular complexity index is 1440. The molecule has 3 aromatic heterocycles. The summed E-state index contributed by atoms with van der Waals surface area (Å²) in [6.07, 6.45) is 3.38. The Morgan fingerprint density at radius 2 is 2.00 bits per heavy atom. The summed E-state index contributed by atoms with van der Waals surface area (Å²) in [5, 5.41) is 5.69. The number of furan rings is 1. The van der Waals surface area contributed by atoms with Crippen LogP contribution in [0.25, 0.3) is 33.1 Å². The van der Waals surface area contributed by atoms with E-state index in [2.05, 4.69) is 20.3 Å². The quantitative estimate of drug-likeness (QED) is 0.401. The van der Waals surface area contributed by atoms with Gasteiger partial charge in [-0.15, -0.1) is 0 Å². The van der Waals surface area contributed by atoms with E-state index < -0.39 is 0 Å². The fraction of sp³-hybridized carbons (Fsp3) is 0.0870. The molecule has 0 saturated carbocycles. The molecule has 0 bridgehead atoms. The number of fused-ring (bicyclic) bond motifs is 2. The van der Waals surface area contributed by atoms with E-state index in [1.807, 2.05) is 49.4 Å². The SMILES string of the molecule is CC(Nc1nccc(-c2coc3ccccc23)n1)c1cc2cc(Cl)ccc2[nH]c1=O. The number of H-pyrrole nitrogens is 1. The summed E-state index contributed by atoms with van der Waals surface area (Å²) in [6, 6.07) is 16.5. The number of aromatic nitrogens is 3. The third kappa shape index (κ3) is 3.31. The van der Waals surface area contributed by atoms with Crippen molar-refractivity contribution in [1.82, 2.24) is 15.0 Å². The Morgan fingerprint density at radius 1 is 1.13 bits per heavy atom. The molecule has 0 radical (unpaired) electrons. The van der Waals surface area contributed by atoms with Crippen LogP contribution >= 0.6 is 11.6 Å². The molecule has 7 heteroatoms. The monoisotopic (exact) mass is 416 g/mol. The van der Waals surface area contributed by atoms with Gasteiger partial charge in [-0.05, 0) is 43.3 Å². The topological polar surface area (TPSA) is 83.8 Å². The molecule has 0 amide bonds. The lowest BCUT2D eigenvalue weighted by molar-refractivity contribution is 0.617. The standard InChI is InChI=1S/C23H17ClN4O2/c1-13(17-11-14-10-15(24)6-7-19(14)27-22(17)29)26-23-25-9-8-20(28-23)18-12-30-21-5-3-2-4-16(18)21/h2-13H,1H3,(H,27,29)(H,25,26,28). The van der Waals surface area contributed by atoms with Crippen molar-refractivity contribution in [3.05, 3.63) is 88.0 Å². The zero-order valence-electron chi connectivity index (χ0n) is 16.0. The number of anilines is 1. The molecule has 1 unspecified atom stereocenters. The Balaban J connectivity index is 1.48. The van der Waals surface area contributed by atoms with Crippen molar-refractivity contribution in [2.24, 2.45) is 0 Å². The number of aromatic amines is 1. The van der Waals surface area contributed by atoms with E-state index in [0.29, 0.717) is 16.5 Å². The van der Waals surface area contributed by atoms with E-state index in [9.17, 15) is 4.79 Å². The van der Waals surface area contributed by atoms with Crippen LogP contribution in [0.5, 0.6) is 0 Å². The zero-order valence-corrected chi connectivity index (χ0v) is 16.8. The molecule has 2 aromatic carbocycles. The Kier molecular flexibility index (Phi) is 4.48. The van der Waals surface area contributed by atoms with Crippen molar-refractivity contribution < 1.29 is 4.42 Å². The molecule has 5 rings (SSSR count). The molecular weight excluding hydrogens is 400 g/mol. The van der Waals surface area contributed by atoms with Crippen molar-refractivity contribution in [2.75, 3.05) is 5.32 Å². The molecule has 2 N–H and O–H groups in total. The predicted molar refractivity (Wildman–Crippen MR) is 119 cm³/mol. The number of para-hydroxylation sites is 1. The minimum Gasteiger partial charge on any atom is -0.464 e. The Morgan fingerprint density at radius 3 is 2.90 bits per heavy atom. The summed E-state index contributed by atoms with van der Waals surface area (Å²) >= 11 is 6.09. The Hall–Kier alpha value is -3.64. The average Bonchev–Trinajstić information content (AvgIpc) is 3.18. The maximum Gasteiger partial charge on any atom is 0.253 e. The highest BCUT2D eigenvalue weighted by Gasteiger charge is 2.14. The molecule has 5 aromatic rings. The lowest BCUT2D eigenvalue weighted by Gasteiger charge is -2.14. The summed E-state index contributed by atoms with van der Waals surface area (Å²) in [6.45, 7) is 1.89. The molecule has 30 heavy (non-hydrogen) atoms. The van der Waals surface area contributed by atoms with Crippen molar-refractivity contribution in [3.8, 4) is 11.3 Å². The van der Waals surface area contributed by atoms with Gasteiger partial charge in [0.2, 0.25) is 5.95 Å². The van der Waals surface area contributed by atoms with Gasteiger partial charge < -0.3 is 14.7 Å². The van der Waals surface area contributed by atoms with Gasteiger partial charge in [0.15, 0.2) is 0 Å². The number of nitrogens with zero attached hydrogens (tertiary/aromatic N) is 2. The predicted octanol–water partition coefficient (Wildman–Crippen LogP) is 5.56. The molecule has 0 spiro atoms. The fourth-order valence-corrected chi connectivity index (χ4v) is 3.72. The third-order valence-electron chi connectivity index (χ3n) is 5.06. The van der Waals surface area contributed by atoms with Crippen LogP contribution in [0.1, 0.15) is 18.5 Å². The molecule has 0 aliphatic carbocycles. The van der Waals surface area contributed by atoms with E-state index >= 15 is 0 Å². The van der Waals surface area contributed by atoms with Gasteiger partial charge in [-0.25, -0.2) is 9.97 Å². The van der Waals surface area contributed by atoms with E-state index in [1.165, 1.54) is 0 Å². The van der Waals surface area contributed by atoms with Crippen LogP contribution in [0.4, 0.5) is 5.95 Å². The first-order chi connectivity index (χ1) is 14.6. The molecule has 0 aliphatic rings. The molecule has 0 aliphatic heterocycles. The summed E-state index contributed by atoms with van der Waals surface area (Å²) in [4.78, 5) is 24.4. The van der Waals surface area contributed by atoms with Crippen molar-refractivity contribution in [3.63, 3.8) is 0 Å². The van der Waals surface area contributed by atoms with Crippen LogP contribution in [0.15, 0.2) is 76.3 Å². The third-order valence-corrected chi connectivity index (χ3v) is 5.29. The van der Waals surface area contributed by atoms with E-state index in [4.69, 9.17) is 16.0 Å². The normalized spacial score (nSPS) is 12.3. The maximum absolute atomic E-state index is 12.6. The van der Waals surface area contributed by atoms with Gasteiger partial charge in [0.1, 0.15) is 11.8 Å². The molecule has 0 fully saturated rings. The van der Waals surface area contributed by atoms with E-state index in [0.717, 1.165) is 33.1 Å². The van der Waals surface area contributed by atoms with E-state index in [1.54, 1.807) is 24.6 Å². The first kappa shape index (κ1) is 18.4. The van der Waals surface area contributed by atoms with Gasteiger partial charge in [0.25, 0.3) is 5.56 Å². The van der Waals surface area contributed by atoms with Crippen molar-refractivity contribution >= 4 is 39.4 Å². The summed E-state index contributed by atoms with van der Waals surface area (Å²) in [5.74, 6) is 0.427. The van der Waals surface area contributed by atoms with Gasteiger partial charge in [0.05, 0.1) is 11.7 Å². The van der Waals surface area contributed by atoms with Crippen molar-refractivity contribution in [1.29, 1.82) is 0 Å². The minimum absolute atomic E-state index is 0.165. The molecule has 0 saturated heterocycles. The number of nitrogens with one attached hydrogen (secondary N) is 2. The second kappa shape index (κ2) is 7.31. The van der Waals surface area contributed by atoms with Crippen molar-refractivity contribution in [2.45, 2.75) is 13.0 Å². The minimum atomic E-state index is -0.312. The number of rotatable bonds is 4. The van der Waals surface area contributed by atoms with E-state index in [-0.39, 0.29) is 11.6 Å². The first-order valence-electron chi connectivity index (χ1n) is 9.47. The average molecular weight is 417 g/mol. The highest BCUT2D eigenvalue weighted by Crippen LogP contribution is 2.29. The lowest BCUT2D eigenvalue weighted by atomic mass is 10.1. The van der Waals surface area contributed by atoms with Crippen LogP contribution in [-0.2, 0) is 0 Å². The number of halogens is 1. The summed E-state index contributed by atoms with van der Waals surface area (Å²) in [5.41, 5.74) is 3.58. The van der Waals surface area contributed by atoms with Gasteiger partial charge >= 0.3 is 0 Å². The van der Waals surface area contributed by atoms with Crippen LogP contribution < -0.4 is 10.9 Å². The van der Waals surface area contributed by atoms with Crippen LogP contribution in [0, 0.1) is 0 Å². The second-order valence-corrected chi connectivity index (χ2v) is 7.50. The zero-order chi connectivity index (χ0) is 20.7. The number of hydrogen-bond donors (Lipinski definition) is 2. The largest absolute Gasteiger partial charge is 0.464 e. The van der Waals surface area contributed by atoms with Crippen LogP contribution in [-0.4, -0.2) is 15.0 Å². The number of hydrogen-bond acceptors (Lipinski definition) is 5. The summed E-state index contributed by atoms with van der Waals surface area (Å²) in [7, 11) is 0. The summed E-state index contributed by atoms with van der Waals surface area (Å²) < 4.78 is 5.62. The Labute approximate surface area is 176 Å². The van der Waals surface area contributed by atoms with Gasteiger partial charge in [-0.3, -0.25) is 4.79 Å². The van der Waals surface area contributed by atoms with Gasteiger partial charge in [-0.1, -0.05) is 29.8 Å². The highest BCUT2D eigenvalue weighted by atomic mass is 35.5. The molecule has 1 atom stereocenters. The fourth-order valence-electron chi connectivity index (χ4n) is 3.54. The molecule has 148 valence electrons. The number of pyridine rings is 1. The van der Waals surface area contributed by atoms with Gasteiger partial charge in [0, 0.05) is 38.6 Å². The maximum atomic E-state index is 12.6. The second-order valence-electron chi connectivity index (χ2n) is 7.06. The molecular formula is C23H17ClN4O2. The number of benzene rings is 2. The van der Waals surface area contributed by atoms with Crippen LogP contribution in [0.2, 0.25) is 5.02 Å². The smallest absolute Gasteiger partial charge is 0.253 e. The molecule has 3 heterocycles.